The highest BCUT2D eigenvalue weighted by molar-refractivity contribution is 7.90. The zero-order chi connectivity index (χ0) is 17.5. The van der Waals surface area contributed by atoms with Gasteiger partial charge in [-0.3, -0.25) is 4.79 Å². The Morgan fingerprint density at radius 3 is 2.71 bits per heavy atom. The van der Waals surface area contributed by atoms with Crippen LogP contribution in [0.15, 0.2) is 10.6 Å². The number of hydrogen-bond donors (Lipinski definition) is 0. The van der Waals surface area contributed by atoms with Crippen molar-refractivity contribution in [1.29, 1.82) is 0 Å². The summed E-state index contributed by atoms with van der Waals surface area (Å²) in [5, 5.41) is 3.41. The van der Waals surface area contributed by atoms with Gasteiger partial charge >= 0.3 is 0 Å². The van der Waals surface area contributed by atoms with Crippen molar-refractivity contribution >= 4 is 15.9 Å². The molecule has 0 spiro atoms. The number of likely N-dealkylation sites (tertiary alicyclic amines) is 1. The molecule has 24 heavy (non-hydrogen) atoms. The van der Waals surface area contributed by atoms with E-state index in [-0.39, 0.29) is 17.1 Å². The maximum Gasteiger partial charge on any atom is 0.276 e. The summed E-state index contributed by atoms with van der Waals surface area (Å²) in [5.41, 5.74) is 0.295. The van der Waals surface area contributed by atoms with Gasteiger partial charge in [0.2, 0.25) is 10.0 Å². The molecule has 0 N–H and O–H groups in total. The van der Waals surface area contributed by atoms with Crippen molar-refractivity contribution in [2.75, 3.05) is 26.2 Å². The molecule has 2 aliphatic heterocycles. The van der Waals surface area contributed by atoms with Crippen LogP contribution in [0.4, 0.5) is 0 Å². The smallest absolute Gasteiger partial charge is 0.276 e. The molecule has 3 heterocycles. The Bertz CT molecular complexity index is 713. The van der Waals surface area contributed by atoms with Crippen LogP contribution in [0.25, 0.3) is 0 Å². The molecule has 1 aromatic heterocycles. The Morgan fingerprint density at radius 1 is 1.38 bits per heavy atom. The first-order chi connectivity index (χ1) is 11.3. The second-order valence-electron chi connectivity index (χ2n) is 7.25. The fourth-order valence-electron chi connectivity index (χ4n) is 3.71. The summed E-state index contributed by atoms with van der Waals surface area (Å²) in [4.78, 5) is 14.2. The summed E-state index contributed by atoms with van der Waals surface area (Å²) in [6, 6.07) is 1.62. The number of rotatable bonds is 3. The molecule has 0 bridgehead atoms. The number of hydrogen-bond acceptors (Lipinski definition) is 5. The predicted octanol–water partition coefficient (Wildman–Crippen LogP) is 1.51. The van der Waals surface area contributed by atoms with Crippen molar-refractivity contribution in [3.63, 3.8) is 0 Å². The number of fused-ring (bicyclic) bond motifs is 1. The van der Waals surface area contributed by atoms with Gasteiger partial charge in [-0.2, -0.15) is 0 Å². The Morgan fingerprint density at radius 2 is 2.08 bits per heavy atom. The van der Waals surface area contributed by atoms with Gasteiger partial charge < -0.3 is 9.42 Å². The molecule has 0 aliphatic carbocycles. The molecule has 2 saturated heterocycles. The van der Waals surface area contributed by atoms with E-state index in [4.69, 9.17) is 4.52 Å². The van der Waals surface area contributed by atoms with Gasteiger partial charge in [0.25, 0.3) is 5.91 Å². The highest BCUT2D eigenvalue weighted by Gasteiger charge is 2.47. The van der Waals surface area contributed by atoms with E-state index < -0.39 is 10.0 Å². The fourth-order valence-corrected chi connectivity index (χ4v) is 6.11. The third-order valence-electron chi connectivity index (χ3n) is 4.86. The lowest BCUT2D eigenvalue weighted by Gasteiger charge is -2.22. The minimum Gasteiger partial charge on any atom is -0.361 e. The Kier molecular flexibility index (Phi) is 4.70. The molecule has 2 atom stereocenters. The van der Waals surface area contributed by atoms with Crippen LogP contribution in [0.2, 0.25) is 0 Å². The van der Waals surface area contributed by atoms with Crippen LogP contribution in [0, 0.1) is 18.8 Å². The largest absolute Gasteiger partial charge is 0.361 e. The van der Waals surface area contributed by atoms with Crippen LogP contribution in [0.3, 0.4) is 0 Å². The number of amides is 1. The number of nitrogens with zero attached hydrogens (tertiary/aromatic N) is 3. The van der Waals surface area contributed by atoms with Gasteiger partial charge in [-0.1, -0.05) is 19.0 Å². The van der Waals surface area contributed by atoms with Crippen molar-refractivity contribution in [2.24, 2.45) is 11.8 Å². The number of aryl methyl sites for hydroxylation is 1. The summed E-state index contributed by atoms with van der Waals surface area (Å²) in [6.07, 6.45) is 1.20. The molecule has 0 saturated carbocycles. The van der Waals surface area contributed by atoms with E-state index in [2.05, 4.69) is 5.16 Å². The van der Waals surface area contributed by atoms with E-state index in [0.717, 1.165) is 0 Å². The number of carbonyl (C=O) groups excluding carboxylic acids is 1. The maximum atomic E-state index is 12.8. The topological polar surface area (TPSA) is 83.7 Å². The number of carbonyl (C=O) groups is 1. The standard InChI is InChI=1S/C16H25N3O4S/c1-11(2)9-19-10-13-4-6-18(7-5-15(13)24(19,21)22)16(20)14-8-12(3)23-17-14/h8,11,13,15H,4-7,9-10H2,1-3H3/t13-,15-/m1/s1. The monoisotopic (exact) mass is 355 g/mol. The third kappa shape index (κ3) is 3.21. The zero-order valence-electron chi connectivity index (χ0n) is 14.4. The molecule has 0 unspecified atom stereocenters. The molecular weight excluding hydrogens is 330 g/mol. The van der Waals surface area contributed by atoms with Crippen LogP contribution < -0.4 is 0 Å². The second-order valence-corrected chi connectivity index (χ2v) is 9.40. The number of sulfonamides is 1. The molecule has 7 nitrogen and oxygen atoms in total. The van der Waals surface area contributed by atoms with Crippen molar-refractivity contribution in [1.82, 2.24) is 14.4 Å². The van der Waals surface area contributed by atoms with Gasteiger partial charge in [-0.25, -0.2) is 12.7 Å². The summed E-state index contributed by atoms with van der Waals surface area (Å²) >= 11 is 0. The van der Waals surface area contributed by atoms with Crippen molar-refractivity contribution in [3.05, 3.63) is 17.5 Å². The lowest BCUT2D eigenvalue weighted by molar-refractivity contribution is 0.0748. The van der Waals surface area contributed by atoms with Crippen LogP contribution in [0.5, 0.6) is 0 Å². The van der Waals surface area contributed by atoms with Crippen LogP contribution in [-0.2, 0) is 10.0 Å². The first-order valence-corrected chi connectivity index (χ1v) is 10.0. The molecule has 0 radical (unpaired) electrons. The van der Waals surface area contributed by atoms with E-state index in [9.17, 15) is 13.2 Å². The van der Waals surface area contributed by atoms with E-state index in [0.29, 0.717) is 56.4 Å². The summed E-state index contributed by atoms with van der Waals surface area (Å²) in [6.45, 7) is 7.98. The van der Waals surface area contributed by atoms with E-state index in [1.54, 1.807) is 22.2 Å². The maximum absolute atomic E-state index is 12.8. The van der Waals surface area contributed by atoms with E-state index in [1.165, 1.54) is 0 Å². The highest BCUT2D eigenvalue weighted by Crippen LogP contribution is 2.34. The Labute approximate surface area is 143 Å². The van der Waals surface area contributed by atoms with Crippen molar-refractivity contribution in [2.45, 2.75) is 38.9 Å². The van der Waals surface area contributed by atoms with Crippen LogP contribution >= 0.6 is 0 Å². The number of aromatic nitrogens is 1. The van der Waals surface area contributed by atoms with Gasteiger partial charge in [0.05, 0.1) is 5.25 Å². The van der Waals surface area contributed by atoms with Crippen molar-refractivity contribution < 1.29 is 17.7 Å². The zero-order valence-corrected chi connectivity index (χ0v) is 15.3. The molecule has 2 aliphatic rings. The predicted molar refractivity (Wildman–Crippen MR) is 89.0 cm³/mol. The first kappa shape index (κ1) is 17.4. The van der Waals surface area contributed by atoms with E-state index in [1.807, 2.05) is 13.8 Å². The molecule has 0 aromatic carbocycles. The van der Waals surface area contributed by atoms with Gasteiger partial charge in [-0.15, -0.1) is 0 Å². The van der Waals surface area contributed by atoms with Crippen LogP contribution in [0.1, 0.15) is 42.9 Å². The highest BCUT2D eigenvalue weighted by atomic mass is 32.2. The average Bonchev–Trinajstić information content (AvgIpc) is 2.93. The molecule has 1 aromatic rings. The Balaban J connectivity index is 1.71. The minimum absolute atomic E-state index is 0.102. The lowest BCUT2D eigenvalue weighted by atomic mass is 10.0. The third-order valence-corrected chi connectivity index (χ3v) is 7.27. The normalized spacial score (nSPS) is 27.2. The van der Waals surface area contributed by atoms with E-state index >= 15 is 0 Å². The van der Waals surface area contributed by atoms with Gasteiger partial charge in [0.1, 0.15) is 5.76 Å². The van der Waals surface area contributed by atoms with Crippen molar-refractivity contribution in [3.8, 4) is 0 Å². The summed E-state index contributed by atoms with van der Waals surface area (Å²) in [7, 11) is -3.25. The molecular formula is C16H25N3O4S. The lowest BCUT2D eigenvalue weighted by Crippen LogP contribution is -2.36. The van der Waals surface area contributed by atoms with Gasteiger partial charge in [0.15, 0.2) is 5.69 Å². The molecule has 1 amide bonds. The molecule has 8 heteroatoms. The quantitative estimate of drug-likeness (QED) is 0.820. The summed E-state index contributed by atoms with van der Waals surface area (Å²) in [5.74, 6) is 0.835. The molecule has 2 fully saturated rings. The van der Waals surface area contributed by atoms with Gasteiger partial charge in [0, 0.05) is 32.2 Å². The SMILES string of the molecule is Cc1cc(C(=O)N2CC[C@@H]3CN(CC(C)C)S(=O)(=O)[C@@H]3CC2)no1. The fraction of sp³-hybridized carbons (Fsp3) is 0.750. The van der Waals surface area contributed by atoms with Gasteiger partial charge in [-0.05, 0) is 31.6 Å². The minimum atomic E-state index is -3.25. The van der Waals surface area contributed by atoms with Crippen LogP contribution in [-0.4, -0.2) is 60.1 Å². The molecule has 3 rings (SSSR count). The second kappa shape index (κ2) is 6.48. The summed E-state index contributed by atoms with van der Waals surface area (Å²) < 4.78 is 32.1. The average molecular weight is 355 g/mol. The first-order valence-electron chi connectivity index (χ1n) is 8.50. The Hall–Kier alpha value is -1.41. The molecule has 134 valence electrons.